The maximum Gasteiger partial charge on any atom is 0.340 e. The number of carbonyl (C=O) groups excluding carboxylic acids is 3. The van der Waals surface area contributed by atoms with Crippen LogP contribution in [0, 0.1) is 11.8 Å². The van der Waals surface area contributed by atoms with Crippen LogP contribution < -0.4 is 5.32 Å². The third-order valence-corrected chi connectivity index (χ3v) is 7.99. The van der Waals surface area contributed by atoms with E-state index in [1.165, 1.54) is 32.9 Å². The molecule has 214 valence electrons. The van der Waals surface area contributed by atoms with Crippen LogP contribution >= 0.6 is 11.8 Å². The minimum absolute atomic E-state index is 0.0150. The highest BCUT2D eigenvalue weighted by Gasteiger charge is 2.34. The highest BCUT2D eigenvalue weighted by Crippen LogP contribution is 2.42. The normalized spacial score (nSPS) is 13.6. The van der Waals surface area contributed by atoms with E-state index in [0.29, 0.717) is 40.0 Å². The first kappa shape index (κ1) is 30.8. The van der Waals surface area contributed by atoms with Crippen molar-refractivity contribution in [3.8, 4) is 0 Å². The quantitative estimate of drug-likeness (QED) is 0.222. The van der Waals surface area contributed by atoms with Gasteiger partial charge in [0.2, 0.25) is 5.91 Å². The summed E-state index contributed by atoms with van der Waals surface area (Å²) in [6, 6.07) is 9.30. The molecule has 0 saturated carbocycles. The maximum absolute atomic E-state index is 13.2. The van der Waals surface area contributed by atoms with E-state index in [9.17, 15) is 24.3 Å². The van der Waals surface area contributed by atoms with Crippen molar-refractivity contribution < 1.29 is 33.8 Å². The van der Waals surface area contributed by atoms with E-state index in [4.69, 9.17) is 19.4 Å². The molecule has 0 radical (unpaired) electrons. The second kappa shape index (κ2) is 14.1. The number of thioether (sulfide) groups is 1. The van der Waals surface area contributed by atoms with Gasteiger partial charge in [0.1, 0.15) is 11.6 Å². The first-order valence-electron chi connectivity index (χ1n) is 13.0. The predicted molar refractivity (Wildman–Crippen MR) is 153 cm³/mol. The van der Waals surface area contributed by atoms with Gasteiger partial charge in [-0.2, -0.15) is 11.8 Å². The highest BCUT2D eigenvalue weighted by atomic mass is 32.2. The van der Waals surface area contributed by atoms with Crippen molar-refractivity contribution >= 4 is 57.6 Å². The number of rotatable bonds is 13. The molecule has 3 atom stereocenters. The Bertz CT molecular complexity index is 1390. The van der Waals surface area contributed by atoms with Gasteiger partial charge in [-0.1, -0.05) is 44.9 Å². The summed E-state index contributed by atoms with van der Waals surface area (Å²) in [5, 5.41) is 11.6. The molecule has 10 nitrogen and oxygen atoms in total. The van der Waals surface area contributed by atoms with Gasteiger partial charge in [0.05, 0.1) is 42.3 Å². The van der Waals surface area contributed by atoms with Crippen molar-refractivity contribution in [2.24, 2.45) is 11.8 Å². The smallest absolute Gasteiger partial charge is 0.340 e. The van der Waals surface area contributed by atoms with Crippen LogP contribution in [0.3, 0.4) is 0 Å². The fourth-order valence-electron chi connectivity index (χ4n) is 4.58. The fourth-order valence-corrected chi connectivity index (χ4v) is 6.05. The molecule has 1 amide bonds. The zero-order valence-electron chi connectivity index (χ0n) is 23.3. The van der Waals surface area contributed by atoms with Crippen molar-refractivity contribution in [2.75, 3.05) is 20.0 Å². The second-order valence-electron chi connectivity index (χ2n) is 9.90. The molecule has 0 aliphatic heterocycles. The lowest BCUT2D eigenvalue weighted by Crippen LogP contribution is -2.41. The van der Waals surface area contributed by atoms with Crippen LogP contribution in [0.25, 0.3) is 22.1 Å². The SMILES string of the molecule is COC(=O)c1cccc2nc3c(C(SCC(NC(C)=O)C(=O)O)C(CCCC(C)C)C(=O)OC)cccc3nc12. The number of fused-ring (bicyclic) bond motifs is 2. The molecule has 2 N–H and O–H groups in total. The lowest BCUT2D eigenvalue weighted by atomic mass is 9.91. The number of carboxylic acids is 1. The Kier molecular flexibility index (Phi) is 10.8. The summed E-state index contributed by atoms with van der Waals surface area (Å²) in [6.45, 7) is 5.48. The van der Waals surface area contributed by atoms with Crippen LogP contribution in [-0.4, -0.2) is 64.9 Å². The Morgan fingerprint density at radius 1 is 0.950 bits per heavy atom. The number of para-hydroxylation sites is 2. The van der Waals surface area contributed by atoms with Gasteiger partial charge in [-0.05, 0) is 36.1 Å². The van der Waals surface area contributed by atoms with Crippen LogP contribution in [0.15, 0.2) is 36.4 Å². The molecule has 0 bridgehead atoms. The van der Waals surface area contributed by atoms with E-state index in [-0.39, 0.29) is 11.3 Å². The summed E-state index contributed by atoms with van der Waals surface area (Å²) in [6.07, 6.45) is 2.19. The summed E-state index contributed by atoms with van der Waals surface area (Å²) >= 11 is 1.26. The number of carbonyl (C=O) groups is 4. The molecule has 3 unspecified atom stereocenters. The number of nitrogens with zero attached hydrogens (tertiary/aromatic N) is 2. The van der Waals surface area contributed by atoms with E-state index in [0.717, 1.165) is 12.8 Å². The summed E-state index contributed by atoms with van der Waals surface area (Å²) < 4.78 is 10.1. The van der Waals surface area contributed by atoms with Crippen LogP contribution in [0.2, 0.25) is 0 Å². The van der Waals surface area contributed by atoms with Gasteiger partial charge in [-0.15, -0.1) is 0 Å². The van der Waals surface area contributed by atoms with Crippen molar-refractivity contribution in [3.05, 3.63) is 47.5 Å². The number of carboxylic acid groups (broad SMARTS) is 1. The molecule has 0 spiro atoms. The number of amides is 1. The standard InChI is InChI=1S/C29H35N3O7S/c1-16(2)9-6-12-20(29(37)39-5)26(40-15-23(27(34)35)30-17(3)33)18-10-7-13-21-24(18)31-22-14-8-11-19(25(22)32-21)28(36)38-4/h7-8,10-11,13-14,16,20,23,26H,6,9,12,15H2,1-5H3,(H,30,33)(H,34,35). The van der Waals surface area contributed by atoms with E-state index in [1.807, 2.05) is 6.07 Å². The third kappa shape index (κ3) is 7.47. The van der Waals surface area contributed by atoms with Crippen molar-refractivity contribution in [1.82, 2.24) is 15.3 Å². The summed E-state index contributed by atoms with van der Waals surface area (Å²) in [5.41, 5.74) is 2.87. The topological polar surface area (TPSA) is 145 Å². The molecule has 40 heavy (non-hydrogen) atoms. The van der Waals surface area contributed by atoms with Gasteiger partial charge in [-0.25, -0.2) is 19.6 Å². The van der Waals surface area contributed by atoms with E-state index in [1.54, 1.807) is 30.3 Å². The Balaban J connectivity index is 2.16. The number of esters is 2. The predicted octanol–water partition coefficient (Wildman–Crippen LogP) is 4.55. The maximum atomic E-state index is 13.2. The third-order valence-electron chi connectivity index (χ3n) is 6.52. The van der Waals surface area contributed by atoms with Gasteiger partial charge in [0.15, 0.2) is 0 Å². The number of hydrogen-bond acceptors (Lipinski definition) is 9. The average Bonchev–Trinajstić information content (AvgIpc) is 2.92. The van der Waals surface area contributed by atoms with Crippen molar-refractivity contribution in [1.29, 1.82) is 0 Å². The number of ether oxygens (including phenoxy) is 2. The molecule has 0 aliphatic carbocycles. The number of nitrogens with one attached hydrogen (secondary N) is 1. The molecular formula is C29H35N3O7S. The zero-order valence-corrected chi connectivity index (χ0v) is 24.1. The monoisotopic (exact) mass is 569 g/mol. The number of methoxy groups -OCH3 is 2. The van der Waals surface area contributed by atoms with Gasteiger partial charge >= 0.3 is 17.9 Å². The van der Waals surface area contributed by atoms with Crippen LogP contribution in [-0.2, 0) is 23.9 Å². The van der Waals surface area contributed by atoms with Crippen molar-refractivity contribution in [3.63, 3.8) is 0 Å². The van der Waals surface area contributed by atoms with Crippen molar-refractivity contribution in [2.45, 2.75) is 51.3 Å². The molecule has 3 rings (SSSR count). The molecule has 0 aliphatic rings. The second-order valence-corrected chi connectivity index (χ2v) is 11.1. The van der Waals surface area contributed by atoms with E-state index >= 15 is 0 Å². The lowest BCUT2D eigenvalue weighted by molar-refractivity contribution is -0.145. The van der Waals surface area contributed by atoms with Crippen LogP contribution in [0.5, 0.6) is 0 Å². The Hall–Kier alpha value is -3.73. The Morgan fingerprint density at radius 2 is 1.60 bits per heavy atom. The van der Waals surface area contributed by atoms with Gasteiger partial charge in [0, 0.05) is 17.9 Å². The van der Waals surface area contributed by atoms with Gasteiger partial charge in [0.25, 0.3) is 0 Å². The van der Waals surface area contributed by atoms with Crippen LogP contribution in [0.4, 0.5) is 0 Å². The molecular weight excluding hydrogens is 534 g/mol. The van der Waals surface area contributed by atoms with Gasteiger partial charge < -0.3 is 19.9 Å². The molecule has 2 aromatic carbocycles. The summed E-state index contributed by atoms with van der Waals surface area (Å²) in [4.78, 5) is 58.6. The van der Waals surface area contributed by atoms with Crippen LogP contribution in [0.1, 0.15) is 61.2 Å². The van der Waals surface area contributed by atoms with E-state index in [2.05, 4.69) is 19.2 Å². The molecule has 11 heteroatoms. The zero-order chi connectivity index (χ0) is 29.4. The fraction of sp³-hybridized carbons (Fsp3) is 0.448. The van der Waals surface area contributed by atoms with Gasteiger partial charge in [-0.3, -0.25) is 9.59 Å². The highest BCUT2D eigenvalue weighted by molar-refractivity contribution is 7.99. The Labute approximate surface area is 237 Å². The molecule has 1 aromatic heterocycles. The first-order valence-corrected chi connectivity index (χ1v) is 14.1. The lowest BCUT2D eigenvalue weighted by Gasteiger charge is -2.27. The number of aliphatic carboxylic acids is 1. The average molecular weight is 570 g/mol. The number of aromatic nitrogens is 2. The molecule has 0 fully saturated rings. The summed E-state index contributed by atoms with van der Waals surface area (Å²) in [7, 11) is 2.63. The molecule has 0 saturated heterocycles. The number of benzene rings is 2. The number of hydrogen-bond donors (Lipinski definition) is 2. The first-order chi connectivity index (χ1) is 19.1. The largest absolute Gasteiger partial charge is 0.480 e. The minimum atomic E-state index is -1.17. The van der Waals surface area contributed by atoms with E-state index < -0.39 is 41.0 Å². The summed E-state index contributed by atoms with van der Waals surface area (Å²) in [5.74, 6) is -2.72. The molecule has 3 aromatic rings. The molecule has 1 heterocycles. The Morgan fingerprint density at radius 3 is 2.20 bits per heavy atom. The minimum Gasteiger partial charge on any atom is -0.480 e.